The van der Waals surface area contributed by atoms with Crippen LogP contribution < -0.4 is 29.6 Å². The first-order valence-electron chi connectivity index (χ1n) is 21.4. The van der Waals surface area contributed by atoms with Crippen molar-refractivity contribution in [2.24, 2.45) is 0 Å². The normalized spacial score (nSPS) is 12.2. The van der Waals surface area contributed by atoms with Crippen molar-refractivity contribution >= 4 is 37.9 Å². The van der Waals surface area contributed by atoms with E-state index in [0.29, 0.717) is 22.6 Å². The van der Waals surface area contributed by atoms with Crippen LogP contribution in [-0.4, -0.2) is 27.3 Å². The van der Waals surface area contributed by atoms with Crippen molar-refractivity contribution in [3.8, 4) is 45.3 Å². The van der Waals surface area contributed by atoms with Crippen LogP contribution in [0.4, 0.5) is 0 Å². The van der Waals surface area contributed by atoms with Crippen molar-refractivity contribution in [3.63, 3.8) is 0 Å². The number of hydrogen-bond donors (Lipinski definition) is 2. The molecule has 8 rings (SSSR count). The highest BCUT2D eigenvalue weighted by atomic mass is 28.5. The van der Waals surface area contributed by atoms with E-state index in [-0.39, 0.29) is 22.3 Å². The van der Waals surface area contributed by atoms with E-state index in [4.69, 9.17) is 13.0 Å². The highest BCUT2D eigenvalue weighted by molar-refractivity contribution is 7.04. The van der Waals surface area contributed by atoms with Gasteiger partial charge in [-0.25, -0.2) is 0 Å². The van der Waals surface area contributed by atoms with Crippen LogP contribution in [-0.2, 0) is 14.9 Å². The summed E-state index contributed by atoms with van der Waals surface area (Å²) in [6.07, 6.45) is 0. The summed E-state index contributed by atoms with van der Waals surface area (Å²) < 4.78 is 23.9. The number of aromatic hydroxyl groups is 2. The van der Waals surface area contributed by atoms with Crippen molar-refractivity contribution < 1.29 is 23.2 Å². The zero-order valence-electron chi connectivity index (χ0n) is 36.7. The average Bonchev–Trinajstić information content (AvgIpc) is 3.30. The smallest absolute Gasteiger partial charge is 0.461 e. The molecule has 7 heteroatoms. The van der Waals surface area contributed by atoms with E-state index in [1.807, 2.05) is 133 Å². The monoisotopic (exact) mass is 862 g/mol. The molecule has 0 amide bonds. The molecule has 2 N–H and O–H groups in total. The second-order valence-corrected chi connectivity index (χ2v) is 24.0. The number of hydrogen-bond acceptors (Lipinski definition) is 5. The Morgan fingerprint density at radius 2 is 0.619 bits per heavy atom. The fourth-order valence-corrected chi connectivity index (χ4v) is 16.5. The Balaban J connectivity index is 1.42. The maximum Gasteiger partial charge on any atom is 0.461 e. The summed E-state index contributed by atoms with van der Waals surface area (Å²) in [5.41, 5.74) is 4.65. The minimum Gasteiger partial charge on any atom is -0.514 e. The van der Waals surface area contributed by atoms with Crippen LogP contribution in [0, 0.1) is 0 Å². The molecule has 0 spiro atoms. The summed E-state index contributed by atoms with van der Waals surface area (Å²) in [6.45, 7) is 13.0. The lowest BCUT2D eigenvalue weighted by Crippen LogP contribution is -2.77. The van der Waals surface area contributed by atoms with Crippen molar-refractivity contribution in [1.29, 1.82) is 0 Å². The second kappa shape index (κ2) is 17.6. The van der Waals surface area contributed by atoms with Gasteiger partial charge in [-0.15, -0.1) is 0 Å². The van der Waals surface area contributed by atoms with Crippen LogP contribution in [0.15, 0.2) is 206 Å². The second-order valence-electron chi connectivity index (χ2n) is 18.0. The lowest BCUT2D eigenvalue weighted by Gasteiger charge is -2.41. The van der Waals surface area contributed by atoms with Crippen molar-refractivity contribution in [2.75, 3.05) is 0 Å². The predicted octanol–water partition coefficient (Wildman–Crippen LogP) is 11.0. The van der Waals surface area contributed by atoms with Gasteiger partial charge in [-0.2, -0.15) is 0 Å². The maximum absolute atomic E-state index is 11.6. The molecule has 0 unspecified atom stereocenters. The van der Waals surface area contributed by atoms with E-state index in [0.717, 1.165) is 43.0 Å². The Hall–Kier alpha value is -6.65. The molecule has 0 bridgehead atoms. The number of para-hydroxylation sites is 2. The van der Waals surface area contributed by atoms with Crippen LogP contribution in [0.1, 0.15) is 52.7 Å². The summed E-state index contributed by atoms with van der Waals surface area (Å²) in [5, 5.41) is 26.6. The summed E-state index contributed by atoms with van der Waals surface area (Å²) >= 11 is 0. The first-order valence-corrected chi connectivity index (χ1v) is 25.1. The third-order valence-electron chi connectivity index (χ3n) is 11.5. The molecule has 316 valence electrons. The number of phenolic OH excluding ortho intramolecular Hbond substituents is 2. The zero-order valence-corrected chi connectivity index (χ0v) is 38.7. The molecule has 0 saturated heterocycles. The Kier molecular flexibility index (Phi) is 12.0. The molecular weight excluding hydrogens is 809 g/mol. The summed E-state index contributed by atoms with van der Waals surface area (Å²) in [6, 6.07) is 68.2. The van der Waals surface area contributed by atoms with Crippen LogP contribution in [0.2, 0.25) is 0 Å². The van der Waals surface area contributed by atoms with E-state index in [1.165, 1.54) is 0 Å². The molecule has 0 atom stereocenters. The maximum atomic E-state index is 11.6. The van der Waals surface area contributed by atoms with Crippen molar-refractivity contribution in [2.45, 2.75) is 52.4 Å². The zero-order chi connectivity index (χ0) is 44.2. The minimum absolute atomic E-state index is 0.155. The highest BCUT2D eigenvalue weighted by Crippen LogP contribution is 2.42. The Morgan fingerprint density at radius 3 is 0.921 bits per heavy atom. The fraction of sp³-hybridized carbons (Fsp3) is 0.143. The summed E-state index contributed by atoms with van der Waals surface area (Å²) in [5.74, 6) is 1.43. The lowest BCUT2D eigenvalue weighted by atomic mass is 9.85. The van der Waals surface area contributed by atoms with Gasteiger partial charge in [-0.1, -0.05) is 211 Å². The standard InChI is InChI=1S/C56H54O5Si2/c1-55(2,3)41-35-37-51(57)49(39-41)47-31-19-21-33-53(47)59-62(43-23-11-7-12-24-43,44-25-13-8-14-26-44)61-63(45-27-15-9-16-28-45,46-29-17-10-18-30-46)60-54-34-22-20-32-48(54)50-40-42(56(4,5)6)36-38-52(50)58/h7-40,57-58H,1-6H3. The Bertz CT molecular complexity index is 2530. The van der Waals surface area contributed by atoms with E-state index in [9.17, 15) is 10.2 Å². The van der Waals surface area contributed by atoms with Gasteiger partial charge in [0.05, 0.1) is 0 Å². The molecule has 0 aliphatic carbocycles. The molecule has 8 aromatic carbocycles. The highest BCUT2D eigenvalue weighted by Gasteiger charge is 2.57. The van der Waals surface area contributed by atoms with Crippen LogP contribution in [0.25, 0.3) is 22.3 Å². The molecule has 0 heterocycles. The van der Waals surface area contributed by atoms with Gasteiger partial charge in [0, 0.05) is 43.0 Å². The third-order valence-corrected chi connectivity index (χ3v) is 19.2. The summed E-state index contributed by atoms with van der Waals surface area (Å²) in [7, 11) is -8.02. The van der Waals surface area contributed by atoms with E-state index < -0.39 is 17.1 Å². The van der Waals surface area contributed by atoms with Gasteiger partial charge in [0.1, 0.15) is 23.0 Å². The molecule has 63 heavy (non-hydrogen) atoms. The molecule has 0 aliphatic heterocycles. The summed E-state index contributed by atoms with van der Waals surface area (Å²) in [4.78, 5) is 0. The molecular formula is C56H54O5Si2. The third kappa shape index (κ3) is 8.86. The topological polar surface area (TPSA) is 68.2 Å². The van der Waals surface area contributed by atoms with Gasteiger partial charge in [0.15, 0.2) is 0 Å². The first-order chi connectivity index (χ1) is 30.3. The largest absolute Gasteiger partial charge is 0.514 e. The SMILES string of the molecule is CC(C)(C)c1ccc(O)c(-c2ccccc2O[Si](O[Si](Oc2ccccc2-c2cc(C(C)(C)C)ccc2O)(c2ccccc2)c2ccccc2)(c2ccccc2)c2ccccc2)c1. The quantitative estimate of drug-likeness (QED) is 0.120. The molecule has 0 saturated carbocycles. The van der Waals surface area contributed by atoms with Gasteiger partial charge in [0.25, 0.3) is 0 Å². The first kappa shape index (κ1) is 43.0. The number of benzene rings is 8. The average molecular weight is 863 g/mol. The molecule has 0 fully saturated rings. The molecule has 5 nitrogen and oxygen atoms in total. The van der Waals surface area contributed by atoms with Gasteiger partial charge in [0.2, 0.25) is 0 Å². The van der Waals surface area contributed by atoms with Gasteiger partial charge >= 0.3 is 17.1 Å². The predicted molar refractivity (Wildman–Crippen MR) is 263 cm³/mol. The Labute approximate surface area is 374 Å². The van der Waals surface area contributed by atoms with Crippen LogP contribution in [0.5, 0.6) is 23.0 Å². The number of phenols is 2. The van der Waals surface area contributed by atoms with E-state index >= 15 is 0 Å². The Morgan fingerprint density at radius 1 is 0.333 bits per heavy atom. The molecule has 0 radical (unpaired) electrons. The van der Waals surface area contributed by atoms with Crippen molar-refractivity contribution in [1.82, 2.24) is 0 Å². The minimum atomic E-state index is -4.01. The van der Waals surface area contributed by atoms with Crippen molar-refractivity contribution in [3.05, 3.63) is 217 Å². The fourth-order valence-electron chi connectivity index (χ4n) is 7.98. The molecule has 8 aromatic rings. The van der Waals surface area contributed by atoms with Gasteiger partial charge in [-0.3, -0.25) is 0 Å². The van der Waals surface area contributed by atoms with Gasteiger partial charge < -0.3 is 23.2 Å². The lowest BCUT2D eigenvalue weighted by molar-refractivity contribution is 0.359. The molecule has 0 aliphatic rings. The molecule has 0 aromatic heterocycles. The van der Waals surface area contributed by atoms with Crippen LogP contribution in [0.3, 0.4) is 0 Å². The number of rotatable bonds is 12. The van der Waals surface area contributed by atoms with Gasteiger partial charge in [-0.05, 0) is 58.4 Å². The van der Waals surface area contributed by atoms with E-state index in [1.54, 1.807) is 12.1 Å². The van der Waals surface area contributed by atoms with Crippen LogP contribution >= 0.6 is 0 Å². The van der Waals surface area contributed by atoms with E-state index in [2.05, 4.69) is 102 Å².